The van der Waals surface area contributed by atoms with E-state index >= 15 is 0 Å². The molecule has 2 rings (SSSR count). The summed E-state index contributed by atoms with van der Waals surface area (Å²) in [5.74, 6) is 0.423. The Labute approximate surface area is 128 Å². The lowest BCUT2D eigenvalue weighted by Gasteiger charge is -2.15. The van der Waals surface area contributed by atoms with Crippen LogP contribution < -0.4 is 10.0 Å². The molecule has 2 N–H and O–H groups in total. The van der Waals surface area contributed by atoms with Gasteiger partial charge in [0.2, 0.25) is 10.0 Å². The third-order valence-electron chi connectivity index (χ3n) is 4.21. The van der Waals surface area contributed by atoms with Crippen molar-refractivity contribution in [1.82, 2.24) is 4.72 Å². The summed E-state index contributed by atoms with van der Waals surface area (Å²) in [5.41, 5.74) is 2.15. The first-order valence-corrected chi connectivity index (χ1v) is 9.41. The van der Waals surface area contributed by atoms with Crippen molar-refractivity contribution < 1.29 is 8.42 Å². The summed E-state index contributed by atoms with van der Waals surface area (Å²) in [7, 11) is -3.40. The summed E-state index contributed by atoms with van der Waals surface area (Å²) >= 11 is 0. The number of fused-ring (bicyclic) bond motifs is 1. The first-order chi connectivity index (χ1) is 10.1. The van der Waals surface area contributed by atoms with Crippen LogP contribution in [0.15, 0.2) is 23.1 Å². The fourth-order valence-corrected chi connectivity index (χ4v) is 3.83. The normalized spacial score (nSPS) is 15.5. The largest absolute Gasteiger partial charge is 0.384 e. The van der Waals surface area contributed by atoms with Crippen LogP contribution >= 0.6 is 0 Å². The van der Waals surface area contributed by atoms with Gasteiger partial charge in [0.1, 0.15) is 0 Å². The van der Waals surface area contributed by atoms with Crippen molar-refractivity contribution in [2.24, 2.45) is 5.92 Å². The zero-order valence-corrected chi connectivity index (χ0v) is 13.8. The molecule has 0 radical (unpaired) electrons. The summed E-state index contributed by atoms with van der Waals surface area (Å²) in [4.78, 5) is 0.362. The Morgan fingerprint density at radius 3 is 2.86 bits per heavy atom. The van der Waals surface area contributed by atoms with Crippen LogP contribution in [0.3, 0.4) is 0 Å². The van der Waals surface area contributed by atoms with E-state index in [2.05, 4.69) is 23.9 Å². The van der Waals surface area contributed by atoms with Gasteiger partial charge in [0.15, 0.2) is 0 Å². The monoisotopic (exact) mass is 310 g/mol. The maximum Gasteiger partial charge on any atom is 0.240 e. The minimum Gasteiger partial charge on any atom is -0.384 e. The molecule has 118 valence electrons. The van der Waals surface area contributed by atoms with Crippen molar-refractivity contribution in [3.05, 3.63) is 23.8 Å². The third kappa shape index (κ3) is 4.20. The molecule has 0 aliphatic carbocycles. The van der Waals surface area contributed by atoms with Crippen LogP contribution in [0.4, 0.5) is 5.69 Å². The molecule has 1 unspecified atom stereocenters. The van der Waals surface area contributed by atoms with E-state index in [1.54, 1.807) is 12.1 Å². The maximum absolute atomic E-state index is 12.4. The molecule has 1 aliphatic heterocycles. The fraction of sp³-hybridized carbons (Fsp3) is 0.625. The predicted molar refractivity (Wildman–Crippen MR) is 87.1 cm³/mol. The maximum atomic E-state index is 12.4. The number of benzene rings is 1. The highest BCUT2D eigenvalue weighted by Crippen LogP contribution is 2.25. The number of rotatable bonds is 8. The molecule has 0 aromatic heterocycles. The lowest BCUT2D eigenvalue weighted by Crippen LogP contribution is -2.29. The zero-order valence-electron chi connectivity index (χ0n) is 13.0. The van der Waals surface area contributed by atoms with Gasteiger partial charge in [-0.25, -0.2) is 13.1 Å². The van der Waals surface area contributed by atoms with Gasteiger partial charge in [-0.3, -0.25) is 0 Å². The highest BCUT2D eigenvalue weighted by atomic mass is 32.2. The van der Waals surface area contributed by atoms with Crippen molar-refractivity contribution in [2.45, 2.75) is 50.8 Å². The SMILES string of the molecule is CCCCC(CC)CNS(=O)(=O)c1ccc2c(c1)NCC2. The average Bonchev–Trinajstić information content (AvgIpc) is 2.95. The number of sulfonamides is 1. The Balaban J connectivity index is 2.01. The molecule has 0 saturated carbocycles. The number of hydrogen-bond acceptors (Lipinski definition) is 3. The minimum absolute atomic E-state index is 0.362. The second kappa shape index (κ2) is 7.27. The molecule has 0 fully saturated rings. The van der Waals surface area contributed by atoms with Crippen LogP contribution in [0, 0.1) is 5.92 Å². The van der Waals surface area contributed by atoms with E-state index in [4.69, 9.17) is 0 Å². The minimum atomic E-state index is -3.40. The first-order valence-electron chi connectivity index (χ1n) is 7.93. The van der Waals surface area contributed by atoms with Crippen LogP contribution in [-0.2, 0) is 16.4 Å². The molecular formula is C16H26N2O2S. The lowest BCUT2D eigenvalue weighted by molar-refractivity contribution is 0.444. The van der Waals surface area contributed by atoms with Gasteiger partial charge in [-0.2, -0.15) is 0 Å². The standard InChI is InChI=1S/C16H26N2O2S/c1-3-5-6-13(4-2)12-18-21(19,20)15-8-7-14-9-10-17-16(14)11-15/h7-8,11,13,17-18H,3-6,9-10,12H2,1-2H3. The fourth-order valence-electron chi connectivity index (χ4n) is 2.69. The van der Waals surface area contributed by atoms with Gasteiger partial charge in [0, 0.05) is 18.8 Å². The third-order valence-corrected chi connectivity index (χ3v) is 5.63. The van der Waals surface area contributed by atoms with Crippen molar-refractivity contribution >= 4 is 15.7 Å². The van der Waals surface area contributed by atoms with Gasteiger partial charge in [-0.05, 0) is 36.5 Å². The number of unbranched alkanes of at least 4 members (excludes halogenated alkanes) is 1. The molecule has 1 aromatic carbocycles. The van der Waals surface area contributed by atoms with Gasteiger partial charge >= 0.3 is 0 Å². The van der Waals surface area contributed by atoms with Crippen LogP contribution in [0.5, 0.6) is 0 Å². The molecule has 1 atom stereocenters. The van der Waals surface area contributed by atoms with E-state index in [-0.39, 0.29) is 0 Å². The second-order valence-electron chi connectivity index (χ2n) is 5.76. The Kier molecular flexibility index (Phi) is 5.65. The van der Waals surface area contributed by atoms with E-state index in [9.17, 15) is 8.42 Å². The topological polar surface area (TPSA) is 58.2 Å². The summed E-state index contributed by atoms with van der Waals surface area (Å²) in [6, 6.07) is 5.37. The summed E-state index contributed by atoms with van der Waals surface area (Å²) < 4.78 is 27.5. The summed E-state index contributed by atoms with van der Waals surface area (Å²) in [6.07, 6.45) is 5.37. The van der Waals surface area contributed by atoms with Crippen LogP contribution in [0.1, 0.15) is 45.1 Å². The highest BCUT2D eigenvalue weighted by molar-refractivity contribution is 7.89. The van der Waals surface area contributed by atoms with E-state index in [1.165, 1.54) is 5.56 Å². The molecule has 0 saturated heterocycles. The van der Waals surface area contributed by atoms with E-state index in [0.717, 1.165) is 44.3 Å². The Hall–Kier alpha value is -1.07. The highest BCUT2D eigenvalue weighted by Gasteiger charge is 2.19. The Morgan fingerprint density at radius 2 is 2.14 bits per heavy atom. The zero-order chi connectivity index (χ0) is 15.3. The quantitative estimate of drug-likeness (QED) is 0.775. The molecule has 1 heterocycles. The van der Waals surface area contributed by atoms with Crippen molar-refractivity contribution in [1.29, 1.82) is 0 Å². The number of anilines is 1. The van der Waals surface area contributed by atoms with Gasteiger partial charge in [-0.1, -0.05) is 39.2 Å². The van der Waals surface area contributed by atoms with Crippen molar-refractivity contribution in [3.8, 4) is 0 Å². The molecule has 1 aromatic rings. The Morgan fingerprint density at radius 1 is 1.33 bits per heavy atom. The van der Waals surface area contributed by atoms with E-state index in [1.807, 2.05) is 6.07 Å². The van der Waals surface area contributed by atoms with Gasteiger partial charge < -0.3 is 5.32 Å². The first kappa shape index (κ1) is 16.3. The van der Waals surface area contributed by atoms with Crippen LogP contribution in [0.2, 0.25) is 0 Å². The number of hydrogen-bond donors (Lipinski definition) is 2. The molecule has 5 heteroatoms. The average molecular weight is 310 g/mol. The molecule has 4 nitrogen and oxygen atoms in total. The second-order valence-corrected chi connectivity index (χ2v) is 7.53. The lowest BCUT2D eigenvalue weighted by atomic mass is 10.00. The van der Waals surface area contributed by atoms with Crippen LogP contribution in [-0.4, -0.2) is 21.5 Å². The number of nitrogens with one attached hydrogen (secondary N) is 2. The molecule has 0 amide bonds. The van der Waals surface area contributed by atoms with E-state index in [0.29, 0.717) is 17.4 Å². The predicted octanol–water partition coefficient (Wildman–Crippen LogP) is 3.15. The molecule has 0 spiro atoms. The molecule has 0 bridgehead atoms. The molecule has 1 aliphatic rings. The molecular weight excluding hydrogens is 284 g/mol. The van der Waals surface area contributed by atoms with Crippen LogP contribution in [0.25, 0.3) is 0 Å². The summed E-state index contributed by atoms with van der Waals surface area (Å²) in [5, 5.41) is 3.22. The van der Waals surface area contributed by atoms with Gasteiger partial charge in [-0.15, -0.1) is 0 Å². The van der Waals surface area contributed by atoms with Crippen molar-refractivity contribution in [3.63, 3.8) is 0 Å². The van der Waals surface area contributed by atoms with Crippen molar-refractivity contribution in [2.75, 3.05) is 18.4 Å². The summed E-state index contributed by atoms with van der Waals surface area (Å²) in [6.45, 7) is 5.70. The molecule has 21 heavy (non-hydrogen) atoms. The van der Waals surface area contributed by atoms with Gasteiger partial charge in [0.05, 0.1) is 4.90 Å². The van der Waals surface area contributed by atoms with E-state index < -0.39 is 10.0 Å². The Bertz CT molecular complexity index is 570. The smallest absolute Gasteiger partial charge is 0.240 e. The van der Waals surface area contributed by atoms with Gasteiger partial charge in [0.25, 0.3) is 0 Å².